The molecule has 0 radical (unpaired) electrons. The zero-order valence-corrected chi connectivity index (χ0v) is 19.0. The van der Waals surface area contributed by atoms with Gasteiger partial charge in [-0.3, -0.25) is 14.6 Å². The third kappa shape index (κ3) is 4.40. The number of aromatic amines is 1. The molecule has 1 aliphatic rings. The van der Waals surface area contributed by atoms with Gasteiger partial charge in [0.05, 0.1) is 17.9 Å². The molecule has 2 aromatic heterocycles. The molecule has 1 N–H and O–H groups in total. The number of amides is 1. The van der Waals surface area contributed by atoms with Crippen LogP contribution < -0.4 is 0 Å². The van der Waals surface area contributed by atoms with E-state index < -0.39 is 0 Å². The zero-order chi connectivity index (χ0) is 22.9. The van der Waals surface area contributed by atoms with Gasteiger partial charge in [0.2, 0.25) is 5.91 Å². The van der Waals surface area contributed by atoms with Crippen molar-refractivity contribution in [3.8, 4) is 11.1 Å². The second kappa shape index (κ2) is 8.81. The standard InChI is InChI=1S/C26H28FN5O/c1-17-9-19(3-6-24(17)27)4-8-26(33)31-15-20(10-18(31)2)16-32-25-7-5-21(11-22(25)14-30-32)23-12-28-29-13-23/h3,5-7,9,11-14,18,20H,4,8,10,15-16H2,1-2H3,(H,28,29)/t18-,20-/m1/s1. The third-order valence-corrected chi connectivity index (χ3v) is 6.74. The molecule has 3 heterocycles. The first-order chi connectivity index (χ1) is 16.0. The summed E-state index contributed by atoms with van der Waals surface area (Å²) in [5.41, 5.74) is 4.89. The number of hydrogen-bond acceptors (Lipinski definition) is 3. The number of nitrogens with zero attached hydrogens (tertiary/aromatic N) is 4. The quantitative estimate of drug-likeness (QED) is 0.466. The van der Waals surface area contributed by atoms with Crippen LogP contribution in [0.5, 0.6) is 0 Å². The summed E-state index contributed by atoms with van der Waals surface area (Å²) < 4.78 is 15.5. The van der Waals surface area contributed by atoms with Crippen LogP contribution in [0.25, 0.3) is 22.0 Å². The molecule has 0 aliphatic carbocycles. The van der Waals surface area contributed by atoms with Gasteiger partial charge in [0.1, 0.15) is 5.82 Å². The number of aryl methyl sites for hydroxylation is 2. The van der Waals surface area contributed by atoms with Crippen LogP contribution >= 0.6 is 0 Å². The normalized spacial score (nSPS) is 18.3. The SMILES string of the molecule is Cc1cc(CCC(=O)N2C[C@H](Cn3ncc4cc(-c5cn[nH]c5)ccc43)C[C@H]2C)ccc1F. The van der Waals surface area contributed by atoms with Crippen LogP contribution in [-0.4, -0.2) is 43.4 Å². The van der Waals surface area contributed by atoms with Crippen molar-refractivity contribution in [2.24, 2.45) is 5.92 Å². The van der Waals surface area contributed by atoms with Crippen LogP contribution in [-0.2, 0) is 17.8 Å². The summed E-state index contributed by atoms with van der Waals surface area (Å²) in [7, 11) is 0. The van der Waals surface area contributed by atoms with Crippen molar-refractivity contribution in [2.75, 3.05) is 6.54 Å². The Balaban J connectivity index is 1.22. The van der Waals surface area contributed by atoms with Gasteiger partial charge in [-0.1, -0.05) is 18.2 Å². The molecule has 1 aliphatic heterocycles. The predicted molar refractivity (Wildman–Crippen MR) is 126 cm³/mol. The number of carbonyl (C=O) groups is 1. The Hall–Kier alpha value is -3.48. The lowest BCUT2D eigenvalue weighted by atomic mass is 10.1. The highest BCUT2D eigenvalue weighted by Gasteiger charge is 2.32. The molecule has 7 heteroatoms. The van der Waals surface area contributed by atoms with Crippen LogP contribution in [0.4, 0.5) is 4.39 Å². The third-order valence-electron chi connectivity index (χ3n) is 6.74. The number of benzene rings is 2. The van der Waals surface area contributed by atoms with Crippen molar-refractivity contribution in [1.82, 2.24) is 24.9 Å². The molecule has 0 bridgehead atoms. The van der Waals surface area contributed by atoms with Crippen molar-refractivity contribution in [2.45, 2.75) is 45.7 Å². The second-order valence-electron chi connectivity index (χ2n) is 9.17. The maximum absolute atomic E-state index is 13.5. The van der Waals surface area contributed by atoms with E-state index in [0.717, 1.165) is 47.1 Å². The lowest BCUT2D eigenvalue weighted by molar-refractivity contribution is -0.131. The van der Waals surface area contributed by atoms with Gasteiger partial charge >= 0.3 is 0 Å². The zero-order valence-electron chi connectivity index (χ0n) is 19.0. The van der Waals surface area contributed by atoms with Gasteiger partial charge in [-0.05, 0) is 67.5 Å². The summed E-state index contributed by atoms with van der Waals surface area (Å²) in [5, 5.41) is 12.6. The smallest absolute Gasteiger partial charge is 0.223 e. The summed E-state index contributed by atoms with van der Waals surface area (Å²) in [6.07, 6.45) is 7.66. The van der Waals surface area contributed by atoms with Gasteiger partial charge in [-0.25, -0.2) is 4.39 Å². The number of likely N-dealkylation sites (tertiary alicyclic amines) is 1. The van der Waals surface area contributed by atoms with Crippen molar-refractivity contribution in [1.29, 1.82) is 0 Å². The van der Waals surface area contributed by atoms with Gasteiger partial charge in [0.25, 0.3) is 0 Å². The largest absolute Gasteiger partial charge is 0.340 e. The van der Waals surface area contributed by atoms with Crippen LogP contribution in [0.15, 0.2) is 55.0 Å². The molecule has 4 aromatic rings. The van der Waals surface area contributed by atoms with Gasteiger partial charge in [0.15, 0.2) is 0 Å². The van der Waals surface area contributed by atoms with E-state index in [0.29, 0.717) is 24.3 Å². The number of carbonyl (C=O) groups excluding carboxylic acids is 1. The van der Waals surface area contributed by atoms with Crippen LogP contribution in [0.1, 0.15) is 30.9 Å². The average Bonchev–Trinajstić information content (AvgIpc) is 3.55. The fourth-order valence-corrected chi connectivity index (χ4v) is 4.94. The fraction of sp³-hybridized carbons (Fsp3) is 0.346. The van der Waals surface area contributed by atoms with Gasteiger partial charge in [-0.15, -0.1) is 0 Å². The van der Waals surface area contributed by atoms with E-state index in [1.807, 2.05) is 29.6 Å². The molecule has 0 saturated carbocycles. The number of fused-ring (bicyclic) bond motifs is 1. The van der Waals surface area contributed by atoms with E-state index in [-0.39, 0.29) is 17.8 Å². The number of hydrogen-bond donors (Lipinski definition) is 1. The number of rotatable bonds is 6. The Morgan fingerprint density at radius 1 is 1.18 bits per heavy atom. The summed E-state index contributed by atoms with van der Waals surface area (Å²) in [4.78, 5) is 14.9. The summed E-state index contributed by atoms with van der Waals surface area (Å²) in [6.45, 7) is 5.42. The van der Waals surface area contributed by atoms with E-state index in [4.69, 9.17) is 0 Å². The molecule has 33 heavy (non-hydrogen) atoms. The fourth-order valence-electron chi connectivity index (χ4n) is 4.94. The van der Waals surface area contributed by atoms with Crippen molar-refractivity contribution < 1.29 is 9.18 Å². The Morgan fingerprint density at radius 3 is 2.85 bits per heavy atom. The first-order valence-electron chi connectivity index (χ1n) is 11.5. The molecule has 170 valence electrons. The molecule has 0 spiro atoms. The Labute approximate surface area is 192 Å². The maximum atomic E-state index is 13.5. The molecule has 5 rings (SSSR count). The topological polar surface area (TPSA) is 66.8 Å². The van der Waals surface area contributed by atoms with E-state index in [1.165, 1.54) is 6.07 Å². The molecule has 2 aromatic carbocycles. The molecular weight excluding hydrogens is 417 g/mol. The summed E-state index contributed by atoms with van der Waals surface area (Å²) >= 11 is 0. The lowest BCUT2D eigenvalue weighted by Crippen LogP contribution is -2.34. The van der Waals surface area contributed by atoms with E-state index in [2.05, 4.69) is 45.1 Å². The van der Waals surface area contributed by atoms with Gasteiger partial charge in [0, 0.05) is 42.7 Å². The average molecular weight is 446 g/mol. The number of aromatic nitrogens is 4. The van der Waals surface area contributed by atoms with E-state index in [1.54, 1.807) is 13.0 Å². The molecular formula is C26H28FN5O. The first kappa shape index (κ1) is 21.4. The predicted octanol–water partition coefficient (Wildman–Crippen LogP) is 4.74. The molecule has 1 saturated heterocycles. The van der Waals surface area contributed by atoms with Crippen molar-refractivity contribution in [3.05, 3.63) is 71.9 Å². The molecule has 6 nitrogen and oxygen atoms in total. The minimum absolute atomic E-state index is 0.169. The van der Waals surface area contributed by atoms with Crippen molar-refractivity contribution in [3.63, 3.8) is 0 Å². The minimum Gasteiger partial charge on any atom is -0.340 e. The van der Waals surface area contributed by atoms with Gasteiger partial charge < -0.3 is 4.90 Å². The highest BCUT2D eigenvalue weighted by Crippen LogP contribution is 2.28. The summed E-state index contributed by atoms with van der Waals surface area (Å²) in [5.74, 6) is 0.334. The highest BCUT2D eigenvalue weighted by atomic mass is 19.1. The molecule has 2 atom stereocenters. The second-order valence-corrected chi connectivity index (χ2v) is 9.17. The van der Waals surface area contributed by atoms with Crippen LogP contribution in [0, 0.1) is 18.7 Å². The monoisotopic (exact) mass is 445 g/mol. The number of H-pyrrole nitrogens is 1. The van der Waals surface area contributed by atoms with E-state index in [9.17, 15) is 9.18 Å². The maximum Gasteiger partial charge on any atom is 0.223 e. The van der Waals surface area contributed by atoms with Crippen LogP contribution in [0.3, 0.4) is 0 Å². The Kier molecular flexibility index (Phi) is 5.70. The van der Waals surface area contributed by atoms with E-state index >= 15 is 0 Å². The molecule has 1 amide bonds. The Morgan fingerprint density at radius 2 is 2.06 bits per heavy atom. The van der Waals surface area contributed by atoms with Crippen LogP contribution in [0.2, 0.25) is 0 Å². The highest BCUT2D eigenvalue weighted by molar-refractivity contribution is 5.84. The Bertz CT molecular complexity index is 1280. The molecule has 1 fully saturated rings. The lowest BCUT2D eigenvalue weighted by Gasteiger charge is -2.21. The minimum atomic E-state index is -0.204. The first-order valence-corrected chi connectivity index (χ1v) is 11.5. The number of nitrogens with one attached hydrogen (secondary N) is 1. The summed E-state index contributed by atoms with van der Waals surface area (Å²) in [6, 6.07) is 11.6. The number of halogens is 1. The molecule has 0 unspecified atom stereocenters. The van der Waals surface area contributed by atoms with Crippen molar-refractivity contribution >= 4 is 16.8 Å². The van der Waals surface area contributed by atoms with Gasteiger partial charge in [-0.2, -0.15) is 10.2 Å².